The summed E-state index contributed by atoms with van der Waals surface area (Å²) in [6.45, 7) is 8.65. The van der Waals surface area contributed by atoms with E-state index in [0.717, 1.165) is 12.8 Å². The fourth-order valence-corrected chi connectivity index (χ4v) is 4.92. The second kappa shape index (κ2) is 22.0. The Balaban J connectivity index is 2.16. The number of ether oxygens (including phenoxy) is 1. The lowest BCUT2D eigenvalue weighted by Gasteiger charge is -2.20. The molecule has 1 unspecified atom stereocenters. The van der Waals surface area contributed by atoms with Crippen molar-refractivity contribution in [3.63, 3.8) is 0 Å². The van der Waals surface area contributed by atoms with Crippen molar-refractivity contribution in [3.8, 4) is 0 Å². The van der Waals surface area contributed by atoms with Gasteiger partial charge in [-0.1, -0.05) is 89.7 Å². The Kier molecular flexibility index (Phi) is 19.8. The zero-order valence-electron chi connectivity index (χ0n) is 25.7. The number of hydrogen-bond acceptors (Lipinski definition) is 2. The van der Waals surface area contributed by atoms with Crippen LogP contribution in [0.25, 0.3) is 0 Å². The van der Waals surface area contributed by atoms with Gasteiger partial charge in [0.05, 0.1) is 0 Å². The first-order valence-electron chi connectivity index (χ1n) is 15.9. The van der Waals surface area contributed by atoms with Gasteiger partial charge < -0.3 is 10.1 Å². The quantitative estimate of drug-likeness (QED) is 0.0922. The van der Waals surface area contributed by atoms with Gasteiger partial charge >= 0.3 is 6.09 Å². The first kappa shape index (κ1) is 34.2. The van der Waals surface area contributed by atoms with Crippen molar-refractivity contribution in [1.82, 2.24) is 5.32 Å². The van der Waals surface area contributed by atoms with Crippen molar-refractivity contribution in [2.75, 3.05) is 6.54 Å². The Morgan fingerprint density at radius 3 is 1.87 bits per heavy atom. The Morgan fingerprint density at radius 2 is 1.32 bits per heavy atom. The maximum absolute atomic E-state index is 11.8. The third kappa shape index (κ3) is 20.2. The minimum Gasteiger partial charge on any atom is -0.444 e. The van der Waals surface area contributed by atoms with Crippen LogP contribution in [-0.4, -0.2) is 18.2 Å². The summed E-state index contributed by atoms with van der Waals surface area (Å²) in [5.74, 6) is 0.606. The molecule has 38 heavy (non-hydrogen) atoms. The number of nitrogens with one attached hydrogen (secondary N) is 1. The lowest BCUT2D eigenvalue weighted by Crippen LogP contribution is -2.33. The van der Waals surface area contributed by atoms with Crippen LogP contribution < -0.4 is 9.88 Å². The van der Waals surface area contributed by atoms with E-state index in [0.29, 0.717) is 12.5 Å². The van der Waals surface area contributed by atoms with E-state index in [2.05, 4.69) is 60.5 Å². The molecule has 1 amide bonds. The molecule has 0 radical (unpaired) electrons. The van der Waals surface area contributed by atoms with Crippen molar-refractivity contribution in [2.45, 2.75) is 155 Å². The summed E-state index contributed by atoms with van der Waals surface area (Å²) >= 11 is 0. The molecule has 0 aromatic carbocycles. The van der Waals surface area contributed by atoms with Crippen LogP contribution in [-0.2, 0) is 11.8 Å². The van der Waals surface area contributed by atoms with Crippen LogP contribution in [0.4, 0.5) is 4.79 Å². The molecule has 0 aliphatic heterocycles. The number of aryl methyl sites for hydroxylation is 1. The molecule has 1 heterocycles. The third-order valence-electron chi connectivity index (χ3n) is 7.19. The third-order valence-corrected chi connectivity index (χ3v) is 7.19. The standard InChI is InChI=1S/C34H60N2O2/c1-6-7-8-9-10-11-12-13-14-15-16-17-18-19-20-21-24-31(32-26-29-36(5)30-27-32)25-22-23-28-35-33(37)38-34(2,3)4/h13-14,26-27,29-31H,6-12,15-25,28H2,1-5H3/p+1/b14-13+. The lowest BCUT2D eigenvalue weighted by atomic mass is 9.89. The molecule has 0 saturated heterocycles. The highest BCUT2D eigenvalue weighted by atomic mass is 16.6. The van der Waals surface area contributed by atoms with Gasteiger partial charge in [0, 0.05) is 18.7 Å². The molecule has 218 valence electrons. The summed E-state index contributed by atoms with van der Waals surface area (Å²) in [6, 6.07) is 4.56. The molecule has 1 N–H and O–H groups in total. The van der Waals surface area contributed by atoms with Gasteiger partial charge in [-0.2, -0.15) is 0 Å². The number of pyridine rings is 1. The van der Waals surface area contributed by atoms with Gasteiger partial charge in [-0.25, -0.2) is 9.36 Å². The molecule has 0 fully saturated rings. The highest BCUT2D eigenvalue weighted by Crippen LogP contribution is 2.27. The van der Waals surface area contributed by atoms with Gasteiger partial charge in [0.2, 0.25) is 0 Å². The molecule has 4 heteroatoms. The lowest BCUT2D eigenvalue weighted by molar-refractivity contribution is -0.671. The van der Waals surface area contributed by atoms with E-state index < -0.39 is 5.60 Å². The van der Waals surface area contributed by atoms with Crippen LogP contribution >= 0.6 is 0 Å². The largest absolute Gasteiger partial charge is 0.444 e. The van der Waals surface area contributed by atoms with Crippen LogP contribution in [0, 0.1) is 0 Å². The van der Waals surface area contributed by atoms with E-state index in [1.807, 2.05) is 20.8 Å². The van der Waals surface area contributed by atoms with Gasteiger partial charge in [0.15, 0.2) is 12.4 Å². The van der Waals surface area contributed by atoms with Gasteiger partial charge in [-0.05, 0) is 77.2 Å². The SMILES string of the molecule is CCCCCCCC/C=C/CCCCCCCCC(CCCCNC(=O)OC(C)(C)C)c1cc[n+](C)cc1. The molecule has 0 spiro atoms. The van der Waals surface area contributed by atoms with Crippen LogP contribution in [0.3, 0.4) is 0 Å². The second-order valence-corrected chi connectivity index (χ2v) is 12.1. The topological polar surface area (TPSA) is 42.2 Å². The molecule has 0 aliphatic rings. The number of nitrogens with zero attached hydrogens (tertiary/aromatic N) is 1. The molecule has 4 nitrogen and oxygen atoms in total. The summed E-state index contributed by atoms with van der Waals surface area (Å²) in [4.78, 5) is 11.8. The molecule has 0 aliphatic carbocycles. The van der Waals surface area contributed by atoms with Gasteiger partial charge in [0.1, 0.15) is 12.6 Å². The number of hydrogen-bond donors (Lipinski definition) is 1. The zero-order chi connectivity index (χ0) is 27.9. The summed E-state index contributed by atoms with van der Waals surface area (Å²) in [5, 5.41) is 2.89. The summed E-state index contributed by atoms with van der Waals surface area (Å²) in [7, 11) is 2.08. The summed E-state index contributed by atoms with van der Waals surface area (Å²) in [5.41, 5.74) is 1.01. The first-order chi connectivity index (χ1) is 18.3. The average molecular weight is 530 g/mol. The van der Waals surface area contributed by atoms with E-state index in [4.69, 9.17) is 4.74 Å². The number of amides is 1. The maximum atomic E-state index is 11.8. The fourth-order valence-electron chi connectivity index (χ4n) is 4.92. The maximum Gasteiger partial charge on any atom is 0.407 e. The van der Waals surface area contributed by atoms with E-state index >= 15 is 0 Å². The van der Waals surface area contributed by atoms with Crippen LogP contribution in [0.2, 0.25) is 0 Å². The molecular formula is C34H61N2O2+. The van der Waals surface area contributed by atoms with Crippen molar-refractivity contribution < 1.29 is 14.1 Å². The molecule has 1 aromatic rings. The Hall–Kier alpha value is -1.84. The van der Waals surface area contributed by atoms with E-state index in [9.17, 15) is 4.79 Å². The minimum atomic E-state index is -0.442. The number of unbranched alkanes of at least 4 members (excludes halogenated alkanes) is 13. The van der Waals surface area contributed by atoms with Gasteiger partial charge in [-0.15, -0.1) is 0 Å². The van der Waals surface area contributed by atoms with Crippen molar-refractivity contribution >= 4 is 6.09 Å². The first-order valence-corrected chi connectivity index (χ1v) is 15.9. The van der Waals surface area contributed by atoms with E-state index in [1.54, 1.807) is 0 Å². The van der Waals surface area contributed by atoms with Gasteiger partial charge in [-0.3, -0.25) is 0 Å². The Bertz CT molecular complexity index is 721. The summed E-state index contributed by atoms with van der Waals surface area (Å²) in [6.07, 6.45) is 32.3. The molecule has 1 rings (SSSR count). The molecular weight excluding hydrogens is 468 g/mol. The summed E-state index contributed by atoms with van der Waals surface area (Å²) < 4.78 is 7.44. The molecule has 0 saturated carbocycles. The van der Waals surface area contributed by atoms with Gasteiger partial charge in [0.25, 0.3) is 0 Å². The van der Waals surface area contributed by atoms with Crippen LogP contribution in [0.1, 0.15) is 155 Å². The highest BCUT2D eigenvalue weighted by molar-refractivity contribution is 5.67. The van der Waals surface area contributed by atoms with Crippen LogP contribution in [0.5, 0.6) is 0 Å². The Morgan fingerprint density at radius 1 is 0.816 bits per heavy atom. The highest BCUT2D eigenvalue weighted by Gasteiger charge is 2.16. The number of carbonyl (C=O) groups is 1. The number of allylic oxidation sites excluding steroid dienone is 2. The fraction of sp³-hybridized carbons (Fsp3) is 0.765. The number of alkyl carbamates (subject to hydrolysis) is 1. The van der Waals surface area contributed by atoms with Crippen molar-refractivity contribution in [1.29, 1.82) is 0 Å². The van der Waals surface area contributed by atoms with E-state index in [1.165, 1.54) is 108 Å². The number of aromatic nitrogens is 1. The average Bonchev–Trinajstić information content (AvgIpc) is 2.86. The zero-order valence-corrected chi connectivity index (χ0v) is 25.7. The molecule has 1 atom stereocenters. The number of rotatable bonds is 22. The monoisotopic (exact) mass is 529 g/mol. The smallest absolute Gasteiger partial charge is 0.407 e. The van der Waals surface area contributed by atoms with Crippen LogP contribution in [0.15, 0.2) is 36.7 Å². The minimum absolute atomic E-state index is 0.311. The normalized spacial score (nSPS) is 12.7. The van der Waals surface area contributed by atoms with Crippen molar-refractivity contribution in [2.24, 2.45) is 7.05 Å². The second-order valence-electron chi connectivity index (χ2n) is 12.1. The van der Waals surface area contributed by atoms with Crippen molar-refractivity contribution in [3.05, 3.63) is 42.2 Å². The predicted octanol–water partition coefficient (Wildman–Crippen LogP) is 9.72. The number of carbonyl (C=O) groups excluding carboxylic acids is 1. The van der Waals surface area contributed by atoms with E-state index in [-0.39, 0.29) is 6.09 Å². The molecule has 1 aromatic heterocycles. The molecule has 0 bridgehead atoms. The predicted molar refractivity (Wildman–Crippen MR) is 163 cm³/mol. The Labute approximate surface area is 236 Å².